The Labute approximate surface area is 496 Å². The first-order valence-corrected chi connectivity index (χ1v) is 28.0. The lowest BCUT2D eigenvalue weighted by atomic mass is 9.78. The van der Waals surface area contributed by atoms with Crippen LogP contribution in [0.5, 0.6) is 46.1 Å². The molecular formula is C66H57N11O10. The smallest absolute Gasteiger partial charge is 0.410 e. The Hall–Kier alpha value is -11.1. The number of carbonyl (C=O) groups is 1. The number of hydrogen-bond donors (Lipinski definition) is 3. The van der Waals surface area contributed by atoms with E-state index in [0.717, 1.165) is 106 Å². The predicted molar refractivity (Wildman–Crippen MR) is 326 cm³/mol. The van der Waals surface area contributed by atoms with E-state index in [2.05, 4.69) is 84.7 Å². The third kappa shape index (κ3) is 10.1. The number of aromatic nitrogens is 10. The first-order valence-electron chi connectivity index (χ1n) is 28.0. The molecule has 8 heterocycles. The van der Waals surface area contributed by atoms with Crippen LogP contribution in [0.3, 0.4) is 0 Å². The fourth-order valence-corrected chi connectivity index (χ4v) is 11.3. The minimum absolute atomic E-state index is 0.136. The predicted octanol–water partition coefficient (Wildman–Crippen LogP) is 12.9. The topological polar surface area (TPSA) is 252 Å². The number of methoxy groups -OCH3 is 2. The minimum atomic E-state index is -0.599. The quantitative estimate of drug-likeness (QED) is 0.139. The monoisotopic (exact) mass is 1160 g/mol. The molecule has 0 radical (unpaired) electrons. The second-order valence-corrected chi connectivity index (χ2v) is 22.5. The van der Waals surface area contributed by atoms with Gasteiger partial charge >= 0.3 is 6.09 Å². The van der Waals surface area contributed by atoms with E-state index in [1.165, 1.54) is 5.56 Å². The molecule has 1 spiro atoms. The average molecular weight is 1160 g/mol. The van der Waals surface area contributed by atoms with Crippen molar-refractivity contribution in [2.75, 3.05) is 27.3 Å². The molecule has 436 valence electrons. The number of aryl methyl sites for hydroxylation is 3. The summed E-state index contributed by atoms with van der Waals surface area (Å²) in [5.41, 5.74) is 12.1. The second-order valence-electron chi connectivity index (χ2n) is 22.5. The normalized spacial score (nSPS) is 13.2. The number of phenolic OH excluding ortho intramolecular Hbond substituents is 3. The molecule has 8 aromatic carbocycles. The van der Waals surface area contributed by atoms with Crippen LogP contribution in [0.15, 0.2) is 150 Å². The van der Waals surface area contributed by atoms with Crippen LogP contribution in [0, 0.1) is 13.8 Å². The fraction of sp³-hybridized carbons (Fsp3) is 0.197. The van der Waals surface area contributed by atoms with Gasteiger partial charge in [-0.2, -0.15) is 9.03 Å². The molecule has 3 aliphatic heterocycles. The zero-order chi connectivity index (χ0) is 60.5. The van der Waals surface area contributed by atoms with Crippen molar-refractivity contribution in [2.45, 2.75) is 59.2 Å². The number of phenols is 3. The van der Waals surface area contributed by atoms with Gasteiger partial charge in [0.05, 0.1) is 38.3 Å². The molecule has 3 N–H and O–H groups in total. The van der Waals surface area contributed by atoms with Gasteiger partial charge in [0, 0.05) is 62.0 Å². The van der Waals surface area contributed by atoms with Gasteiger partial charge in [0.1, 0.15) is 45.8 Å². The molecule has 1 saturated heterocycles. The molecule has 16 rings (SSSR count). The van der Waals surface area contributed by atoms with Gasteiger partial charge in [0.2, 0.25) is 0 Å². The summed E-state index contributed by atoms with van der Waals surface area (Å²) in [6, 6.07) is 45.9. The van der Waals surface area contributed by atoms with Gasteiger partial charge in [0.15, 0.2) is 22.6 Å². The highest BCUT2D eigenvalue weighted by Crippen LogP contribution is 2.51. The van der Waals surface area contributed by atoms with Crippen molar-refractivity contribution in [2.24, 2.45) is 0 Å². The number of nitrogens with zero attached hydrogens (tertiary/aromatic N) is 11. The molecule has 0 saturated carbocycles. The van der Waals surface area contributed by atoms with Crippen molar-refractivity contribution < 1.29 is 48.4 Å². The molecular weight excluding hydrogens is 1110 g/mol. The molecule has 87 heavy (non-hydrogen) atoms. The van der Waals surface area contributed by atoms with Crippen LogP contribution in [0.4, 0.5) is 4.79 Å². The van der Waals surface area contributed by atoms with Gasteiger partial charge in [-0.3, -0.25) is 4.90 Å². The molecule has 5 aromatic heterocycles. The number of pyridine rings is 2. The van der Waals surface area contributed by atoms with Crippen molar-refractivity contribution in [3.8, 4) is 79.6 Å². The molecule has 1 amide bonds. The molecule has 13 aromatic rings. The van der Waals surface area contributed by atoms with Crippen molar-refractivity contribution in [3.05, 3.63) is 168 Å². The number of ether oxygens (including phenoxy) is 5. The van der Waals surface area contributed by atoms with Crippen molar-refractivity contribution in [1.82, 2.24) is 55.3 Å². The highest BCUT2D eigenvalue weighted by atomic mass is 16.6. The number of fused-ring (bicyclic) bond motifs is 21. The van der Waals surface area contributed by atoms with Crippen LogP contribution < -0.4 is 18.9 Å². The number of amides is 1. The molecule has 3 aliphatic rings. The zero-order valence-corrected chi connectivity index (χ0v) is 48.6. The van der Waals surface area contributed by atoms with Crippen LogP contribution in [0.25, 0.3) is 88.2 Å². The van der Waals surface area contributed by atoms with E-state index in [4.69, 9.17) is 28.3 Å². The molecule has 0 atom stereocenters. The van der Waals surface area contributed by atoms with E-state index in [9.17, 15) is 20.1 Å². The number of tetrazole rings is 2. The van der Waals surface area contributed by atoms with Crippen molar-refractivity contribution in [1.29, 1.82) is 0 Å². The van der Waals surface area contributed by atoms with Crippen LogP contribution in [0.2, 0.25) is 0 Å². The first kappa shape index (κ1) is 55.1. The van der Waals surface area contributed by atoms with Gasteiger partial charge in [-0.05, 0) is 190 Å². The third-order valence-corrected chi connectivity index (χ3v) is 15.5. The van der Waals surface area contributed by atoms with E-state index in [1.54, 1.807) is 64.5 Å². The lowest BCUT2D eigenvalue weighted by molar-refractivity contribution is -0.0875. The zero-order valence-electron chi connectivity index (χ0n) is 48.6. The van der Waals surface area contributed by atoms with Gasteiger partial charge in [-0.25, -0.2) is 9.42 Å². The van der Waals surface area contributed by atoms with Crippen LogP contribution in [0.1, 0.15) is 49.9 Å². The number of rotatable bonds is 3. The Balaban J connectivity index is 0.000000108. The Bertz CT molecular complexity index is 4720. The number of hydrogen-bond acceptors (Lipinski definition) is 18. The van der Waals surface area contributed by atoms with Crippen LogP contribution in [-0.2, 0) is 16.8 Å². The SMILES string of the molecule is CCc1ccc2c(c1)C1(CN(C(=O)OC(C)(C)C)C1)Oc1cc(O)ccc1-2.COc1ccc2c3ccc(OC)cc3n3nnnc3c2c1.Cc1ccc2c(c1)-c1nonc1Oc1cc(O)ccc1-2.Cc1ccc2c3ccc(O)cc3c3nnnn3c2c1. The molecule has 21 heteroatoms. The Kier molecular flexibility index (Phi) is 13.6. The largest absolute Gasteiger partial charge is 0.508 e. The van der Waals surface area contributed by atoms with Crippen molar-refractivity contribution >= 4 is 60.7 Å². The van der Waals surface area contributed by atoms with E-state index in [-0.39, 0.29) is 23.3 Å². The van der Waals surface area contributed by atoms with E-state index < -0.39 is 11.2 Å². The van der Waals surface area contributed by atoms with Gasteiger partial charge in [0.25, 0.3) is 5.88 Å². The third-order valence-electron chi connectivity index (χ3n) is 15.5. The summed E-state index contributed by atoms with van der Waals surface area (Å²) in [6.45, 7) is 12.6. The van der Waals surface area contributed by atoms with E-state index in [1.807, 2.05) is 107 Å². The molecule has 0 aliphatic carbocycles. The summed E-state index contributed by atoms with van der Waals surface area (Å²) in [6.07, 6.45) is 0.605. The molecule has 0 unspecified atom stereocenters. The maximum atomic E-state index is 12.4. The van der Waals surface area contributed by atoms with Crippen LogP contribution >= 0.6 is 0 Å². The summed E-state index contributed by atoms with van der Waals surface area (Å²) in [7, 11) is 3.29. The Morgan fingerprint density at radius 2 is 1.13 bits per heavy atom. The first-order chi connectivity index (χ1) is 42.0. The maximum Gasteiger partial charge on any atom is 0.410 e. The Morgan fingerprint density at radius 1 is 0.575 bits per heavy atom. The number of likely N-dealkylation sites (tertiary alicyclic amines) is 1. The molecule has 1 fully saturated rings. The highest BCUT2D eigenvalue weighted by Gasteiger charge is 2.53. The van der Waals surface area contributed by atoms with Crippen molar-refractivity contribution in [3.63, 3.8) is 0 Å². The lowest BCUT2D eigenvalue weighted by Crippen LogP contribution is -2.65. The fourth-order valence-electron chi connectivity index (χ4n) is 11.3. The molecule has 21 nitrogen and oxygen atoms in total. The minimum Gasteiger partial charge on any atom is -0.508 e. The summed E-state index contributed by atoms with van der Waals surface area (Å²) < 4.78 is 36.4. The highest BCUT2D eigenvalue weighted by molar-refractivity contribution is 6.13. The maximum absolute atomic E-state index is 12.4. The lowest BCUT2D eigenvalue weighted by Gasteiger charge is -2.52. The number of benzene rings is 8. The second kappa shape index (κ2) is 21.5. The summed E-state index contributed by atoms with van der Waals surface area (Å²) in [5, 5.41) is 66.8. The Morgan fingerprint density at radius 3 is 1.80 bits per heavy atom. The summed E-state index contributed by atoms with van der Waals surface area (Å²) >= 11 is 0. The summed E-state index contributed by atoms with van der Waals surface area (Å²) in [5.74, 6) is 3.55. The average Bonchev–Trinajstić information content (AvgIpc) is 1.54. The van der Waals surface area contributed by atoms with Gasteiger partial charge in [-0.15, -0.1) is 10.2 Å². The summed E-state index contributed by atoms with van der Waals surface area (Å²) in [4.78, 5) is 14.1. The standard InChI is InChI=1S/C22H25NO4.C15H12N4O2.C15H10N2O3.C14H10N4O/c1-5-14-6-8-16-17-9-7-15(24)11-19(17)26-22(18(16)10-14)12-23(13-22)20(25)27-21(2,3)4;1-20-9-3-5-11-12-6-4-10(21-2)8-14(12)19-15(13(11)7-9)16-17-18-19;1-8-2-4-10-11-5-3-9(18)7-13(11)19-15-14(12(10)6-8)16-20-17-15;1-8-2-4-11-10-5-3-9(19)7-12(10)14-15-16-17-18(14)13(11)6-8/h6-11,24H,5,12-13H2,1-4H3;3-8H,1-2H3;2-7,18H,1H3;2-7,19H,1H3. The van der Waals surface area contributed by atoms with E-state index >= 15 is 0 Å². The van der Waals surface area contributed by atoms with Gasteiger partial charge in [-0.1, -0.05) is 55.0 Å². The molecule has 0 bridgehead atoms. The van der Waals surface area contributed by atoms with Crippen LogP contribution in [-0.4, -0.2) is 110 Å². The number of carbonyl (C=O) groups excluding carboxylic acids is 1. The number of aromatic hydroxyl groups is 3. The van der Waals surface area contributed by atoms with E-state index in [0.29, 0.717) is 47.5 Å². The van der Waals surface area contributed by atoms with Gasteiger partial charge < -0.3 is 39.0 Å².